The van der Waals surface area contributed by atoms with Gasteiger partial charge in [-0.15, -0.1) is 11.8 Å². The van der Waals surface area contributed by atoms with E-state index in [2.05, 4.69) is 19.2 Å². The van der Waals surface area contributed by atoms with Crippen LogP contribution in [0.2, 0.25) is 0 Å². The molecule has 0 bridgehead atoms. The van der Waals surface area contributed by atoms with Crippen molar-refractivity contribution in [3.63, 3.8) is 0 Å². The van der Waals surface area contributed by atoms with Gasteiger partial charge in [-0.3, -0.25) is 0 Å². The molecule has 1 aromatic carbocycles. The molecule has 0 saturated heterocycles. The molecule has 0 aliphatic carbocycles. The largest absolute Gasteiger partial charge is 0.416 e. The van der Waals surface area contributed by atoms with Gasteiger partial charge in [0.1, 0.15) is 0 Å². The molecule has 1 nitrogen and oxygen atoms in total. The zero-order valence-corrected chi connectivity index (χ0v) is 13.2. The van der Waals surface area contributed by atoms with E-state index in [0.29, 0.717) is 16.4 Å². The third-order valence-electron chi connectivity index (χ3n) is 2.67. The Hall–Kier alpha value is -0.680. The second-order valence-corrected chi connectivity index (χ2v) is 6.65. The topological polar surface area (TPSA) is 12.0 Å². The minimum atomic E-state index is -4.30. The van der Waals surface area contributed by atoms with Gasteiger partial charge in [0.15, 0.2) is 0 Å². The Bertz CT molecular complexity index is 428. The molecule has 0 aliphatic rings. The summed E-state index contributed by atoms with van der Waals surface area (Å²) in [5, 5.41) is 3.04. The predicted octanol–water partition coefficient (Wildman–Crippen LogP) is 4.95. The summed E-state index contributed by atoms with van der Waals surface area (Å²) in [6.07, 6.45) is -4.30. The molecule has 114 valence electrons. The first kappa shape index (κ1) is 17.4. The zero-order valence-electron chi connectivity index (χ0n) is 12.3. The first-order chi connectivity index (χ1) is 9.20. The number of thioether (sulfide) groups is 1. The molecule has 0 atom stereocenters. The van der Waals surface area contributed by atoms with E-state index in [1.165, 1.54) is 17.8 Å². The average Bonchev–Trinajstić information content (AvgIpc) is 2.33. The molecular formula is C15H22F3NS. The maximum Gasteiger partial charge on any atom is 0.416 e. The zero-order chi connectivity index (χ0) is 15.3. The Balaban J connectivity index is 2.95. The van der Waals surface area contributed by atoms with E-state index in [0.717, 1.165) is 5.75 Å². The van der Waals surface area contributed by atoms with E-state index < -0.39 is 11.7 Å². The van der Waals surface area contributed by atoms with Crippen LogP contribution in [0.15, 0.2) is 23.1 Å². The molecule has 20 heavy (non-hydrogen) atoms. The third kappa shape index (κ3) is 5.75. The van der Waals surface area contributed by atoms with E-state index in [4.69, 9.17) is 0 Å². The van der Waals surface area contributed by atoms with Gasteiger partial charge in [-0.05, 0) is 23.6 Å². The highest BCUT2D eigenvalue weighted by molar-refractivity contribution is 7.99. The summed E-state index contributed by atoms with van der Waals surface area (Å²) in [5.74, 6) is 1.28. The average molecular weight is 305 g/mol. The third-order valence-corrected chi connectivity index (χ3v) is 4.09. The molecule has 0 unspecified atom stereocenters. The Morgan fingerprint density at radius 1 is 1.15 bits per heavy atom. The minimum Gasteiger partial charge on any atom is -0.310 e. The smallest absolute Gasteiger partial charge is 0.310 e. The lowest BCUT2D eigenvalue weighted by Crippen LogP contribution is -2.23. The summed E-state index contributed by atoms with van der Waals surface area (Å²) < 4.78 is 39.3. The summed E-state index contributed by atoms with van der Waals surface area (Å²) in [6.45, 7) is 8.18. The van der Waals surface area contributed by atoms with Gasteiger partial charge in [-0.25, -0.2) is 0 Å². The molecule has 0 saturated carbocycles. The Labute approximate surface area is 123 Å². The summed E-state index contributed by atoms with van der Waals surface area (Å²) in [7, 11) is 0. The van der Waals surface area contributed by atoms with Gasteiger partial charge in [-0.1, -0.05) is 33.8 Å². The fourth-order valence-corrected chi connectivity index (χ4v) is 2.53. The number of hydrogen-bond donors (Lipinski definition) is 1. The Morgan fingerprint density at radius 2 is 1.80 bits per heavy atom. The summed E-state index contributed by atoms with van der Waals surface area (Å²) in [5.41, 5.74) is -0.223. The van der Waals surface area contributed by atoms with Gasteiger partial charge in [-0.2, -0.15) is 13.2 Å². The molecule has 0 radical (unpaired) electrons. The van der Waals surface area contributed by atoms with Crippen LogP contribution in [0.1, 0.15) is 38.8 Å². The van der Waals surface area contributed by atoms with Crippen molar-refractivity contribution >= 4 is 11.8 Å². The molecular weight excluding hydrogens is 283 g/mol. The second kappa shape index (κ2) is 7.36. The van der Waals surface area contributed by atoms with Crippen molar-refractivity contribution in [3.8, 4) is 0 Å². The monoisotopic (exact) mass is 305 g/mol. The van der Waals surface area contributed by atoms with Crippen LogP contribution in [0.3, 0.4) is 0 Å². The van der Waals surface area contributed by atoms with Crippen LogP contribution in [0.5, 0.6) is 0 Å². The maximum atomic E-state index is 13.1. The fourth-order valence-electron chi connectivity index (χ4n) is 1.64. The van der Waals surface area contributed by atoms with Gasteiger partial charge in [0.05, 0.1) is 5.56 Å². The first-order valence-corrected chi connectivity index (χ1v) is 7.75. The number of hydrogen-bond acceptors (Lipinski definition) is 2. The molecule has 1 aromatic rings. The van der Waals surface area contributed by atoms with Crippen molar-refractivity contribution in [3.05, 3.63) is 29.3 Å². The van der Waals surface area contributed by atoms with Gasteiger partial charge in [0.2, 0.25) is 0 Å². The number of benzene rings is 1. The number of nitrogens with one attached hydrogen (secondary N) is 1. The molecule has 0 amide bonds. The molecule has 0 spiro atoms. The summed E-state index contributed by atoms with van der Waals surface area (Å²) in [6, 6.07) is 4.79. The van der Waals surface area contributed by atoms with Gasteiger partial charge >= 0.3 is 6.18 Å². The number of alkyl halides is 3. The van der Waals surface area contributed by atoms with Crippen molar-refractivity contribution in [2.45, 2.75) is 51.4 Å². The van der Waals surface area contributed by atoms with Gasteiger partial charge in [0.25, 0.3) is 0 Å². The van der Waals surface area contributed by atoms with Gasteiger partial charge in [0, 0.05) is 23.2 Å². The maximum absolute atomic E-state index is 13.1. The van der Waals surface area contributed by atoms with Crippen LogP contribution in [0.4, 0.5) is 13.2 Å². The van der Waals surface area contributed by atoms with E-state index in [9.17, 15) is 13.2 Å². The van der Waals surface area contributed by atoms with Gasteiger partial charge < -0.3 is 5.32 Å². The Kier molecular flexibility index (Phi) is 6.40. The molecule has 0 aromatic heterocycles. The minimum absolute atomic E-state index is 0.158. The SMILES string of the molecule is CC(C)CSc1ccc(CNC(C)C)c(C(F)(F)F)c1. The highest BCUT2D eigenvalue weighted by Crippen LogP contribution is 2.35. The normalized spacial score (nSPS) is 12.4. The van der Waals surface area contributed by atoms with Crippen molar-refractivity contribution < 1.29 is 13.2 Å². The standard InChI is InChI=1S/C15H22F3NS/c1-10(2)9-20-13-6-5-12(8-19-11(3)4)14(7-13)15(16,17)18/h5-7,10-11,19H,8-9H2,1-4H3. The first-order valence-electron chi connectivity index (χ1n) is 6.76. The fraction of sp³-hybridized carbons (Fsp3) is 0.600. The summed E-state index contributed by atoms with van der Waals surface area (Å²) >= 11 is 1.47. The van der Waals surface area contributed by atoms with Crippen molar-refractivity contribution in [1.29, 1.82) is 0 Å². The quantitative estimate of drug-likeness (QED) is 0.746. The molecule has 0 fully saturated rings. The lowest BCUT2D eigenvalue weighted by Gasteiger charge is -2.16. The van der Waals surface area contributed by atoms with Crippen LogP contribution in [0.25, 0.3) is 0 Å². The van der Waals surface area contributed by atoms with Crippen molar-refractivity contribution in [2.24, 2.45) is 5.92 Å². The van der Waals surface area contributed by atoms with E-state index in [1.807, 2.05) is 13.8 Å². The van der Waals surface area contributed by atoms with Crippen LogP contribution in [-0.4, -0.2) is 11.8 Å². The number of rotatable bonds is 6. The lowest BCUT2D eigenvalue weighted by atomic mass is 10.1. The molecule has 0 aliphatic heterocycles. The highest BCUT2D eigenvalue weighted by Gasteiger charge is 2.33. The van der Waals surface area contributed by atoms with E-state index in [1.54, 1.807) is 12.1 Å². The Morgan fingerprint density at radius 3 is 2.30 bits per heavy atom. The molecule has 1 N–H and O–H groups in total. The summed E-state index contributed by atoms with van der Waals surface area (Å²) in [4.78, 5) is 0.680. The van der Waals surface area contributed by atoms with E-state index >= 15 is 0 Å². The predicted molar refractivity (Wildman–Crippen MR) is 79.0 cm³/mol. The van der Waals surface area contributed by atoms with Crippen LogP contribution in [0, 0.1) is 5.92 Å². The second-order valence-electron chi connectivity index (χ2n) is 5.56. The molecule has 0 heterocycles. The molecule has 1 rings (SSSR count). The van der Waals surface area contributed by atoms with Crippen LogP contribution >= 0.6 is 11.8 Å². The van der Waals surface area contributed by atoms with E-state index in [-0.39, 0.29) is 12.6 Å². The van der Waals surface area contributed by atoms with Crippen molar-refractivity contribution in [2.75, 3.05) is 5.75 Å². The van der Waals surface area contributed by atoms with Crippen LogP contribution in [-0.2, 0) is 12.7 Å². The lowest BCUT2D eigenvalue weighted by molar-refractivity contribution is -0.138. The molecule has 5 heteroatoms. The van der Waals surface area contributed by atoms with Crippen LogP contribution < -0.4 is 5.32 Å². The number of halogens is 3. The highest BCUT2D eigenvalue weighted by atomic mass is 32.2. The van der Waals surface area contributed by atoms with Crippen molar-refractivity contribution in [1.82, 2.24) is 5.32 Å².